The van der Waals surface area contributed by atoms with Crippen molar-refractivity contribution in [2.45, 2.75) is 51.9 Å². The number of pyridine rings is 1. The molecule has 0 saturated carbocycles. The van der Waals surface area contributed by atoms with Gasteiger partial charge in [-0.05, 0) is 50.3 Å². The first-order valence-corrected chi connectivity index (χ1v) is 11.9. The summed E-state index contributed by atoms with van der Waals surface area (Å²) in [5.74, 6) is 0.366. The molecule has 2 aromatic rings. The molecule has 3 rings (SSSR count). The van der Waals surface area contributed by atoms with Crippen LogP contribution < -0.4 is 10.1 Å². The fourth-order valence-electron chi connectivity index (χ4n) is 4.66. The number of benzene rings is 1. The average Bonchev–Trinajstić information content (AvgIpc) is 2.75. The van der Waals surface area contributed by atoms with Crippen LogP contribution in [0.25, 0.3) is 0 Å². The third kappa shape index (κ3) is 5.79. The molecular weight excluding hydrogens is 438 g/mol. The second-order valence-corrected chi connectivity index (χ2v) is 10.5. The Kier molecular flexibility index (Phi) is 7.91. The number of nitrogens with zero attached hydrogens (tertiary/aromatic N) is 2. The Morgan fingerprint density at radius 1 is 1.33 bits per heavy atom. The number of carbonyl (C=O) groups is 1. The summed E-state index contributed by atoms with van der Waals surface area (Å²) in [6.45, 7) is 11.5. The molecule has 2 heterocycles. The normalized spacial score (nSPS) is 15.8. The number of hydrogen-bond donors (Lipinski definition) is 2. The van der Waals surface area contributed by atoms with Gasteiger partial charge in [-0.2, -0.15) is 0 Å². The van der Waals surface area contributed by atoms with Crippen LogP contribution in [0.3, 0.4) is 0 Å². The average molecular weight is 474 g/mol. The highest BCUT2D eigenvalue weighted by Crippen LogP contribution is 2.40. The van der Waals surface area contributed by atoms with E-state index in [0.717, 1.165) is 38.3 Å². The number of carboxylic acids is 1. The lowest BCUT2D eigenvalue weighted by Gasteiger charge is -2.52. The van der Waals surface area contributed by atoms with Crippen LogP contribution in [0.1, 0.15) is 57.6 Å². The van der Waals surface area contributed by atoms with Gasteiger partial charge in [0.1, 0.15) is 10.9 Å². The maximum atomic E-state index is 11.4. The number of hydrogen-bond acceptors (Lipinski definition) is 5. The third-order valence-corrected chi connectivity index (χ3v) is 6.94. The van der Waals surface area contributed by atoms with Crippen LogP contribution in [-0.4, -0.2) is 54.2 Å². The molecule has 0 radical (unpaired) electrons. The van der Waals surface area contributed by atoms with E-state index < -0.39 is 11.4 Å². The van der Waals surface area contributed by atoms with Crippen LogP contribution in [0.15, 0.2) is 36.5 Å². The van der Waals surface area contributed by atoms with Gasteiger partial charge in [-0.15, -0.1) is 0 Å². The first-order valence-electron chi connectivity index (χ1n) is 11.6. The fraction of sp³-hybridized carbons (Fsp3) is 0.538. The summed E-state index contributed by atoms with van der Waals surface area (Å²) in [6, 6.07) is 10.4. The Labute approximate surface area is 202 Å². The molecule has 7 heteroatoms. The molecule has 0 unspecified atom stereocenters. The first kappa shape index (κ1) is 25.3. The lowest BCUT2D eigenvalue weighted by Crippen LogP contribution is -2.62. The molecule has 0 spiro atoms. The third-order valence-electron chi connectivity index (χ3n) is 6.73. The van der Waals surface area contributed by atoms with Crippen molar-refractivity contribution in [3.8, 4) is 5.75 Å². The monoisotopic (exact) mass is 473 g/mol. The SMILES string of the molecule is COc1cc(Cl)ncc1NCC1(c2ccccc2C(C)C)CN(CCCC(C)(C)C(=O)O)C1. The number of halogens is 1. The van der Waals surface area contributed by atoms with Gasteiger partial charge in [0, 0.05) is 31.1 Å². The van der Waals surface area contributed by atoms with E-state index in [1.807, 2.05) is 0 Å². The molecule has 2 N–H and O–H groups in total. The molecule has 1 saturated heterocycles. The number of methoxy groups -OCH3 is 1. The highest BCUT2D eigenvalue weighted by atomic mass is 35.5. The Bertz CT molecular complexity index is 971. The van der Waals surface area contributed by atoms with E-state index in [9.17, 15) is 9.90 Å². The van der Waals surface area contributed by atoms with Gasteiger partial charge in [0.2, 0.25) is 0 Å². The van der Waals surface area contributed by atoms with Crippen LogP contribution in [0.4, 0.5) is 5.69 Å². The van der Waals surface area contributed by atoms with Crippen LogP contribution in [0, 0.1) is 5.41 Å². The number of likely N-dealkylation sites (tertiary alicyclic amines) is 1. The van der Waals surface area contributed by atoms with Crippen molar-refractivity contribution in [3.63, 3.8) is 0 Å². The van der Waals surface area contributed by atoms with E-state index in [0.29, 0.717) is 23.2 Å². The summed E-state index contributed by atoms with van der Waals surface area (Å²) < 4.78 is 5.49. The first-order chi connectivity index (χ1) is 15.6. The summed E-state index contributed by atoms with van der Waals surface area (Å²) in [6.07, 6.45) is 3.25. The lowest BCUT2D eigenvalue weighted by atomic mass is 9.70. The molecule has 1 aromatic heterocycles. The zero-order chi connectivity index (χ0) is 24.2. The highest BCUT2D eigenvalue weighted by Gasteiger charge is 2.45. The lowest BCUT2D eigenvalue weighted by molar-refractivity contribution is -0.147. The minimum atomic E-state index is -0.735. The predicted octanol–water partition coefficient (Wildman–Crippen LogP) is 5.42. The van der Waals surface area contributed by atoms with Gasteiger partial charge in [-0.1, -0.05) is 49.7 Å². The van der Waals surface area contributed by atoms with Gasteiger partial charge < -0.3 is 20.1 Å². The van der Waals surface area contributed by atoms with Gasteiger partial charge in [0.25, 0.3) is 0 Å². The van der Waals surface area contributed by atoms with Crippen molar-refractivity contribution in [2.75, 3.05) is 38.6 Å². The summed E-state index contributed by atoms with van der Waals surface area (Å²) in [5.41, 5.74) is 2.83. The van der Waals surface area contributed by atoms with E-state index in [1.54, 1.807) is 33.2 Å². The summed E-state index contributed by atoms with van der Waals surface area (Å²) in [4.78, 5) is 18.1. The number of nitrogens with one attached hydrogen (secondary N) is 1. The molecule has 180 valence electrons. The molecule has 1 aliphatic rings. The maximum Gasteiger partial charge on any atom is 0.309 e. The summed E-state index contributed by atoms with van der Waals surface area (Å²) >= 11 is 6.03. The van der Waals surface area contributed by atoms with Gasteiger partial charge in [0.15, 0.2) is 0 Å². The molecule has 0 aliphatic carbocycles. The van der Waals surface area contributed by atoms with Crippen LogP contribution in [-0.2, 0) is 10.2 Å². The van der Waals surface area contributed by atoms with E-state index in [4.69, 9.17) is 16.3 Å². The fourth-order valence-corrected chi connectivity index (χ4v) is 4.81. The minimum Gasteiger partial charge on any atom is -0.494 e. The zero-order valence-electron chi connectivity index (χ0n) is 20.3. The molecular formula is C26H36ClN3O3. The van der Waals surface area contributed by atoms with E-state index >= 15 is 0 Å². The Hall–Kier alpha value is -2.31. The highest BCUT2D eigenvalue weighted by molar-refractivity contribution is 6.29. The smallest absolute Gasteiger partial charge is 0.309 e. The molecule has 1 fully saturated rings. The number of rotatable bonds is 11. The number of aliphatic carboxylic acids is 1. The molecule has 0 amide bonds. The number of anilines is 1. The van der Waals surface area contributed by atoms with Gasteiger partial charge in [-0.3, -0.25) is 4.79 Å². The molecule has 33 heavy (non-hydrogen) atoms. The summed E-state index contributed by atoms with van der Waals surface area (Å²) in [7, 11) is 1.63. The standard InChI is InChI=1S/C26H36ClN3O3/c1-18(2)19-9-6-7-10-20(19)26(15-29-21-14-28-23(27)13-22(21)33-5)16-30(17-26)12-8-11-25(3,4)24(31)32/h6-7,9-10,13-14,18,29H,8,11-12,15-17H2,1-5H3,(H,31,32). The number of carboxylic acid groups (broad SMARTS) is 1. The van der Waals surface area contributed by atoms with Crippen LogP contribution in [0.5, 0.6) is 5.75 Å². The van der Waals surface area contributed by atoms with Gasteiger partial charge >= 0.3 is 5.97 Å². The topological polar surface area (TPSA) is 74.7 Å². The van der Waals surface area contributed by atoms with Crippen molar-refractivity contribution in [3.05, 3.63) is 52.8 Å². The van der Waals surface area contributed by atoms with Crippen LogP contribution >= 0.6 is 11.6 Å². The minimum absolute atomic E-state index is 0.0478. The van der Waals surface area contributed by atoms with Crippen LogP contribution in [0.2, 0.25) is 5.15 Å². The largest absolute Gasteiger partial charge is 0.494 e. The van der Waals surface area contributed by atoms with Crippen molar-refractivity contribution in [1.29, 1.82) is 0 Å². The molecule has 0 bridgehead atoms. The van der Waals surface area contributed by atoms with Crippen molar-refractivity contribution in [2.24, 2.45) is 5.41 Å². The molecule has 0 atom stereocenters. The Morgan fingerprint density at radius 2 is 2.03 bits per heavy atom. The zero-order valence-corrected chi connectivity index (χ0v) is 21.1. The molecule has 1 aromatic carbocycles. The predicted molar refractivity (Wildman–Crippen MR) is 134 cm³/mol. The van der Waals surface area contributed by atoms with E-state index in [2.05, 4.69) is 53.3 Å². The van der Waals surface area contributed by atoms with E-state index in [1.165, 1.54) is 11.1 Å². The van der Waals surface area contributed by atoms with Gasteiger partial charge in [-0.25, -0.2) is 4.98 Å². The van der Waals surface area contributed by atoms with Gasteiger partial charge in [0.05, 0.1) is 24.4 Å². The quantitative estimate of drug-likeness (QED) is 0.424. The second kappa shape index (κ2) is 10.3. The summed E-state index contributed by atoms with van der Waals surface area (Å²) in [5, 5.41) is 13.3. The molecule has 1 aliphatic heterocycles. The van der Waals surface area contributed by atoms with E-state index in [-0.39, 0.29) is 5.41 Å². The Balaban J connectivity index is 1.77. The molecule has 6 nitrogen and oxygen atoms in total. The van der Waals surface area contributed by atoms with Crippen molar-refractivity contribution >= 4 is 23.3 Å². The number of ether oxygens (including phenoxy) is 1. The maximum absolute atomic E-state index is 11.4. The van der Waals surface area contributed by atoms with Crippen molar-refractivity contribution in [1.82, 2.24) is 9.88 Å². The number of aromatic nitrogens is 1. The Morgan fingerprint density at radius 3 is 2.67 bits per heavy atom. The van der Waals surface area contributed by atoms with Crippen molar-refractivity contribution < 1.29 is 14.6 Å². The second-order valence-electron chi connectivity index (χ2n) is 10.1.